The van der Waals surface area contributed by atoms with Gasteiger partial charge in [-0.1, -0.05) is 24.3 Å². The van der Waals surface area contributed by atoms with Crippen LogP contribution in [0.3, 0.4) is 0 Å². The van der Waals surface area contributed by atoms with E-state index in [-0.39, 0.29) is 31.9 Å². The molecule has 0 saturated carbocycles. The molecule has 28 heavy (non-hydrogen) atoms. The molecule has 0 heterocycles. The molecule has 0 fully saturated rings. The molecular weight excluding hydrogens is 352 g/mol. The maximum Gasteiger partial charge on any atom is 0.310 e. The Morgan fingerprint density at radius 3 is 2.29 bits per heavy atom. The van der Waals surface area contributed by atoms with Crippen molar-refractivity contribution in [1.82, 2.24) is 0 Å². The SMILES string of the molecule is Cc1cc(C)cc(N(CCC#N)C(=O)COC(=O)Cc2ccc(C)c(C)c2)c1. The number of esters is 1. The first-order chi connectivity index (χ1) is 13.3. The second-order valence-corrected chi connectivity index (χ2v) is 7.06. The molecule has 0 unspecified atom stereocenters. The van der Waals surface area contributed by atoms with Crippen LogP contribution in [0.5, 0.6) is 0 Å². The number of nitriles is 1. The summed E-state index contributed by atoms with van der Waals surface area (Å²) in [5.74, 6) is -0.786. The Hall–Kier alpha value is -3.13. The molecule has 0 spiro atoms. The number of amides is 1. The molecule has 0 aliphatic carbocycles. The van der Waals surface area contributed by atoms with Gasteiger partial charge in [0.05, 0.1) is 18.9 Å². The molecule has 1 amide bonds. The maximum atomic E-state index is 12.7. The molecular formula is C23H26N2O3. The zero-order chi connectivity index (χ0) is 20.7. The molecule has 146 valence electrons. The highest BCUT2D eigenvalue weighted by molar-refractivity contribution is 5.95. The predicted molar refractivity (Wildman–Crippen MR) is 109 cm³/mol. The summed E-state index contributed by atoms with van der Waals surface area (Å²) in [5.41, 5.74) is 5.89. The molecule has 0 saturated heterocycles. The number of ether oxygens (including phenoxy) is 1. The van der Waals surface area contributed by atoms with Crippen molar-refractivity contribution in [2.45, 2.75) is 40.5 Å². The molecule has 5 heteroatoms. The first-order valence-corrected chi connectivity index (χ1v) is 9.27. The number of hydrogen-bond donors (Lipinski definition) is 0. The zero-order valence-corrected chi connectivity index (χ0v) is 16.9. The van der Waals surface area contributed by atoms with Gasteiger partial charge in [-0.15, -0.1) is 0 Å². The molecule has 0 atom stereocenters. The van der Waals surface area contributed by atoms with Crippen molar-refractivity contribution in [2.75, 3.05) is 18.1 Å². The molecule has 2 aromatic carbocycles. The van der Waals surface area contributed by atoms with E-state index in [0.717, 1.165) is 27.8 Å². The first-order valence-electron chi connectivity index (χ1n) is 9.27. The van der Waals surface area contributed by atoms with Gasteiger partial charge in [0.2, 0.25) is 0 Å². The smallest absolute Gasteiger partial charge is 0.310 e. The minimum absolute atomic E-state index is 0.121. The fourth-order valence-electron chi connectivity index (χ4n) is 3.02. The third-order valence-corrected chi connectivity index (χ3v) is 4.54. The van der Waals surface area contributed by atoms with Gasteiger partial charge in [-0.25, -0.2) is 0 Å². The van der Waals surface area contributed by atoms with E-state index in [1.807, 2.05) is 64.1 Å². The fourth-order valence-corrected chi connectivity index (χ4v) is 3.02. The van der Waals surface area contributed by atoms with E-state index in [1.165, 1.54) is 4.90 Å². The second-order valence-electron chi connectivity index (χ2n) is 7.06. The lowest BCUT2D eigenvalue weighted by molar-refractivity contribution is -0.147. The van der Waals surface area contributed by atoms with Crippen LogP contribution in [0, 0.1) is 39.0 Å². The molecule has 0 aromatic heterocycles. The van der Waals surface area contributed by atoms with Crippen LogP contribution < -0.4 is 4.90 Å². The predicted octanol–water partition coefficient (Wildman–Crippen LogP) is 3.95. The summed E-state index contributed by atoms with van der Waals surface area (Å²) >= 11 is 0. The molecule has 0 N–H and O–H groups in total. The van der Waals surface area contributed by atoms with Crippen LogP contribution >= 0.6 is 0 Å². The number of carbonyl (C=O) groups excluding carboxylic acids is 2. The van der Waals surface area contributed by atoms with Crippen molar-refractivity contribution in [3.8, 4) is 6.07 Å². The second kappa shape index (κ2) is 9.70. The van der Waals surface area contributed by atoms with Gasteiger partial charge in [0, 0.05) is 12.2 Å². The molecule has 0 aliphatic heterocycles. The average Bonchev–Trinajstić information content (AvgIpc) is 2.62. The van der Waals surface area contributed by atoms with E-state index in [2.05, 4.69) is 6.07 Å². The highest BCUT2D eigenvalue weighted by atomic mass is 16.5. The zero-order valence-electron chi connectivity index (χ0n) is 16.9. The van der Waals surface area contributed by atoms with Crippen LogP contribution in [0.25, 0.3) is 0 Å². The third-order valence-electron chi connectivity index (χ3n) is 4.54. The quantitative estimate of drug-likeness (QED) is 0.684. The van der Waals surface area contributed by atoms with E-state index >= 15 is 0 Å². The summed E-state index contributed by atoms with van der Waals surface area (Å²) in [5, 5.41) is 8.90. The van der Waals surface area contributed by atoms with Crippen LogP contribution in [-0.4, -0.2) is 25.0 Å². The lowest BCUT2D eigenvalue weighted by atomic mass is 10.0. The van der Waals surface area contributed by atoms with E-state index in [0.29, 0.717) is 5.69 Å². The molecule has 2 aromatic rings. The standard InChI is InChI=1S/C23H26N2O3/c1-16-10-17(2)12-21(11-16)25(9-5-8-24)22(26)15-28-23(27)14-20-7-6-18(3)19(4)13-20/h6-7,10-13H,5,9,14-15H2,1-4H3. The van der Waals surface area contributed by atoms with E-state index in [4.69, 9.17) is 10.00 Å². The third kappa shape index (κ3) is 5.95. The Labute approximate surface area is 166 Å². The van der Waals surface area contributed by atoms with E-state index < -0.39 is 5.97 Å². The van der Waals surface area contributed by atoms with Crippen LogP contribution in [-0.2, 0) is 20.7 Å². The summed E-state index contributed by atoms with van der Waals surface area (Å²) in [6.45, 7) is 7.82. The minimum atomic E-state index is -0.447. The van der Waals surface area contributed by atoms with Crippen molar-refractivity contribution in [3.05, 3.63) is 64.2 Å². The summed E-state index contributed by atoms with van der Waals surface area (Å²) in [4.78, 5) is 26.3. The number of aryl methyl sites for hydroxylation is 4. The maximum absolute atomic E-state index is 12.7. The van der Waals surface area contributed by atoms with Gasteiger partial charge in [-0.3, -0.25) is 9.59 Å². The van der Waals surface area contributed by atoms with Gasteiger partial charge < -0.3 is 9.64 Å². The van der Waals surface area contributed by atoms with Gasteiger partial charge in [-0.05, 0) is 67.6 Å². The Morgan fingerprint density at radius 1 is 1.00 bits per heavy atom. The highest BCUT2D eigenvalue weighted by Gasteiger charge is 2.18. The molecule has 0 radical (unpaired) electrons. The monoisotopic (exact) mass is 378 g/mol. The molecule has 0 aliphatic rings. The van der Waals surface area contributed by atoms with Gasteiger partial charge in [0.25, 0.3) is 5.91 Å². The number of rotatable bonds is 7. The van der Waals surface area contributed by atoms with Crippen molar-refractivity contribution < 1.29 is 14.3 Å². The van der Waals surface area contributed by atoms with Crippen molar-refractivity contribution >= 4 is 17.6 Å². The average molecular weight is 378 g/mol. The first kappa shape index (κ1) is 21.2. The number of anilines is 1. The van der Waals surface area contributed by atoms with Gasteiger partial charge >= 0.3 is 5.97 Å². The summed E-state index contributed by atoms with van der Waals surface area (Å²) in [6, 6.07) is 13.7. The number of carbonyl (C=O) groups is 2. The fraction of sp³-hybridized carbons (Fsp3) is 0.348. The van der Waals surface area contributed by atoms with Gasteiger partial charge in [0.15, 0.2) is 6.61 Å². The van der Waals surface area contributed by atoms with Gasteiger partial charge in [0.1, 0.15) is 0 Å². The number of benzene rings is 2. The Balaban J connectivity index is 2.03. The van der Waals surface area contributed by atoms with E-state index in [1.54, 1.807) is 0 Å². The lowest BCUT2D eigenvalue weighted by Gasteiger charge is -2.22. The molecule has 0 bridgehead atoms. The van der Waals surface area contributed by atoms with Crippen molar-refractivity contribution in [2.24, 2.45) is 0 Å². The highest BCUT2D eigenvalue weighted by Crippen LogP contribution is 2.19. The summed E-state index contributed by atoms with van der Waals surface area (Å²) in [7, 11) is 0. The summed E-state index contributed by atoms with van der Waals surface area (Å²) < 4.78 is 5.21. The minimum Gasteiger partial charge on any atom is -0.455 e. The number of hydrogen-bond acceptors (Lipinski definition) is 4. The Morgan fingerprint density at radius 2 is 1.68 bits per heavy atom. The van der Waals surface area contributed by atoms with Gasteiger partial charge in [-0.2, -0.15) is 5.26 Å². The largest absolute Gasteiger partial charge is 0.455 e. The van der Waals surface area contributed by atoms with Crippen LogP contribution in [0.15, 0.2) is 36.4 Å². The van der Waals surface area contributed by atoms with Crippen molar-refractivity contribution in [3.63, 3.8) is 0 Å². The van der Waals surface area contributed by atoms with Crippen LogP contribution in [0.4, 0.5) is 5.69 Å². The normalized spacial score (nSPS) is 10.2. The van der Waals surface area contributed by atoms with Crippen LogP contribution in [0.2, 0.25) is 0 Å². The van der Waals surface area contributed by atoms with E-state index in [9.17, 15) is 9.59 Å². The Bertz CT molecular complexity index is 892. The van der Waals surface area contributed by atoms with Crippen molar-refractivity contribution in [1.29, 1.82) is 5.26 Å². The lowest BCUT2D eigenvalue weighted by Crippen LogP contribution is -2.35. The molecule has 2 rings (SSSR count). The Kier molecular flexibility index (Phi) is 7.34. The topological polar surface area (TPSA) is 70.4 Å². The molecule has 5 nitrogen and oxygen atoms in total. The number of nitrogens with zero attached hydrogens (tertiary/aromatic N) is 2. The summed E-state index contributed by atoms with van der Waals surface area (Å²) in [6.07, 6.45) is 0.325. The van der Waals surface area contributed by atoms with Crippen LogP contribution in [0.1, 0.15) is 34.2 Å².